The average Bonchev–Trinajstić information content (AvgIpc) is 2.67. The third kappa shape index (κ3) is 8.11. The topological polar surface area (TPSA) is 49.4 Å². The number of nitrogens with one attached hydrogen (secondary N) is 1. The van der Waals surface area contributed by atoms with Gasteiger partial charge in [-0.3, -0.25) is 9.59 Å². The van der Waals surface area contributed by atoms with Crippen LogP contribution in [0.1, 0.15) is 38.8 Å². The molecule has 2 aromatic carbocycles. The first kappa shape index (κ1) is 24.4. The second-order valence-corrected chi connectivity index (χ2v) is 10.1. The minimum Gasteiger partial charge on any atom is -0.350 e. The van der Waals surface area contributed by atoms with Gasteiger partial charge in [-0.15, -0.1) is 11.8 Å². The first-order chi connectivity index (χ1) is 14.0. The quantitative estimate of drug-likeness (QED) is 0.551. The number of halogens is 2. The van der Waals surface area contributed by atoms with E-state index < -0.39 is 11.6 Å². The van der Waals surface area contributed by atoms with Gasteiger partial charge in [-0.25, -0.2) is 4.39 Å². The predicted octanol–water partition coefficient (Wildman–Crippen LogP) is 5.15. The van der Waals surface area contributed by atoms with Gasteiger partial charge < -0.3 is 10.2 Å². The third-order valence-corrected chi connectivity index (χ3v) is 5.86. The average molecular weight is 495 g/mol. The summed E-state index contributed by atoms with van der Waals surface area (Å²) in [6.45, 7) is 7.67. The molecule has 0 spiro atoms. The van der Waals surface area contributed by atoms with E-state index in [2.05, 4.69) is 21.2 Å². The minimum atomic E-state index is -0.643. The van der Waals surface area contributed by atoms with Crippen molar-refractivity contribution < 1.29 is 14.0 Å². The van der Waals surface area contributed by atoms with Crippen LogP contribution in [0.5, 0.6) is 0 Å². The van der Waals surface area contributed by atoms with Crippen LogP contribution in [0.4, 0.5) is 4.39 Å². The Balaban J connectivity index is 2.08. The molecule has 0 radical (unpaired) electrons. The van der Waals surface area contributed by atoms with Gasteiger partial charge in [-0.05, 0) is 63.1 Å². The van der Waals surface area contributed by atoms with Gasteiger partial charge >= 0.3 is 0 Å². The smallest absolute Gasteiger partial charge is 0.242 e. The van der Waals surface area contributed by atoms with Crippen LogP contribution in [0.15, 0.2) is 53.0 Å². The molecule has 0 fully saturated rings. The number of hydrogen-bond acceptors (Lipinski definition) is 3. The summed E-state index contributed by atoms with van der Waals surface area (Å²) in [6, 6.07) is 13.3. The lowest BCUT2D eigenvalue weighted by Crippen LogP contribution is -2.52. The lowest BCUT2D eigenvalue weighted by atomic mass is 10.1. The van der Waals surface area contributed by atoms with Gasteiger partial charge in [-0.2, -0.15) is 0 Å². The van der Waals surface area contributed by atoms with E-state index in [-0.39, 0.29) is 29.9 Å². The number of thioether (sulfide) groups is 1. The Morgan fingerprint density at radius 2 is 1.63 bits per heavy atom. The van der Waals surface area contributed by atoms with E-state index in [4.69, 9.17) is 0 Å². The molecule has 0 aliphatic carbocycles. The number of rotatable bonds is 8. The fourth-order valence-corrected chi connectivity index (χ4v) is 3.90. The van der Waals surface area contributed by atoms with Crippen molar-refractivity contribution in [3.8, 4) is 0 Å². The van der Waals surface area contributed by atoms with E-state index in [1.54, 1.807) is 24.0 Å². The van der Waals surface area contributed by atoms with Gasteiger partial charge in [0.15, 0.2) is 0 Å². The Morgan fingerprint density at radius 1 is 1.07 bits per heavy atom. The zero-order chi connectivity index (χ0) is 22.3. The van der Waals surface area contributed by atoms with E-state index in [9.17, 15) is 14.0 Å². The van der Waals surface area contributed by atoms with Gasteiger partial charge in [-0.1, -0.05) is 40.2 Å². The molecule has 0 aliphatic heterocycles. The Hall–Kier alpha value is -1.86. The molecule has 0 saturated carbocycles. The summed E-state index contributed by atoms with van der Waals surface area (Å²) in [5, 5.41) is 2.93. The first-order valence-corrected chi connectivity index (χ1v) is 11.7. The predicted molar refractivity (Wildman–Crippen MR) is 125 cm³/mol. The summed E-state index contributed by atoms with van der Waals surface area (Å²) in [4.78, 5) is 27.3. The van der Waals surface area contributed by atoms with Gasteiger partial charge in [0.1, 0.15) is 11.9 Å². The first-order valence-electron chi connectivity index (χ1n) is 9.73. The van der Waals surface area contributed by atoms with E-state index in [0.717, 1.165) is 15.6 Å². The highest BCUT2D eigenvalue weighted by molar-refractivity contribution is 9.10. The molecule has 0 aromatic heterocycles. The van der Waals surface area contributed by atoms with Crippen molar-refractivity contribution in [2.24, 2.45) is 0 Å². The van der Waals surface area contributed by atoms with Crippen LogP contribution in [0.25, 0.3) is 0 Å². The highest BCUT2D eigenvalue weighted by Gasteiger charge is 2.28. The maximum atomic E-state index is 13.3. The van der Waals surface area contributed by atoms with Crippen molar-refractivity contribution in [2.75, 3.05) is 5.75 Å². The van der Waals surface area contributed by atoms with Gasteiger partial charge in [0.05, 0.1) is 5.75 Å². The van der Waals surface area contributed by atoms with Crippen LogP contribution in [-0.4, -0.2) is 34.0 Å². The SMILES string of the molecule is C[C@H](C(=O)NC(C)(C)C)N(Cc1ccc(F)cc1)C(=O)CSCc1ccc(Br)cc1. The second-order valence-electron chi connectivity index (χ2n) is 8.18. The largest absolute Gasteiger partial charge is 0.350 e. The molecule has 2 amide bonds. The Morgan fingerprint density at radius 3 is 2.20 bits per heavy atom. The number of hydrogen-bond donors (Lipinski definition) is 1. The van der Waals surface area contributed by atoms with Crippen molar-refractivity contribution >= 4 is 39.5 Å². The molecule has 1 N–H and O–H groups in total. The molecule has 0 aliphatic rings. The number of carbonyl (C=O) groups excluding carboxylic acids is 2. The van der Waals surface area contributed by atoms with E-state index in [1.807, 2.05) is 45.0 Å². The molecule has 4 nitrogen and oxygen atoms in total. The molecular weight excluding hydrogens is 467 g/mol. The minimum absolute atomic E-state index is 0.127. The molecule has 2 rings (SSSR count). The fourth-order valence-electron chi connectivity index (χ4n) is 2.76. The van der Waals surface area contributed by atoms with Crippen molar-refractivity contribution in [2.45, 2.75) is 51.6 Å². The molecule has 2 aromatic rings. The molecular formula is C23H28BrFN2O2S. The molecule has 0 unspecified atom stereocenters. The maximum Gasteiger partial charge on any atom is 0.242 e. The standard InChI is InChI=1S/C23H28BrFN2O2S/c1-16(22(29)26-23(2,3)4)27(13-17-7-11-20(25)12-8-17)21(28)15-30-14-18-5-9-19(24)10-6-18/h5-12,16H,13-15H2,1-4H3,(H,26,29)/t16-/m1/s1. The van der Waals surface area contributed by atoms with Crippen molar-refractivity contribution in [1.82, 2.24) is 10.2 Å². The molecule has 30 heavy (non-hydrogen) atoms. The number of benzene rings is 2. The van der Waals surface area contributed by atoms with Crippen LogP contribution < -0.4 is 5.32 Å². The maximum absolute atomic E-state index is 13.3. The second kappa shape index (κ2) is 11.0. The zero-order valence-corrected chi connectivity index (χ0v) is 20.1. The monoisotopic (exact) mass is 494 g/mol. The Labute approximate surface area is 190 Å². The van der Waals surface area contributed by atoms with E-state index in [1.165, 1.54) is 23.9 Å². The van der Waals surface area contributed by atoms with E-state index >= 15 is 0 Å². The van der Waals surface area contributed by atoms with Crippen molar-refractivity contribution in [1.29, 1.82) is 0 Å². The highest BCUT2D eigenvalue weighted by Crippen LogP contribution is 2.18. The lowest BCUT2D eigenvalue weighted by molar-refractivity contribution is -0.139. The van der Waals surface area contributed by atoms with Crippen LogP contribution in [0.3, 0.4) is 0 Å². The van der Waals surface area contributed by atoms with Crippen LogP contribution in [-0.2, 0) is 21.9 Å². The Kier molecular flexibility index (Phi) is 8.92. The summed E-state index contributed by atoms with van der Waals surface area (Å²) in [5.74, 6) is 0.283. The fraction of sp³-hybridized carbons (Fsp3) is 0.391. The molecule has 0 saturated heterocycles. The van der Waals surface area contributed by atoms with Crippen molar-refractivity contribution in [3.05, 3.63) is 69.9 Å². The molecule has 7 heteroatoms. The normalized spacial score (nSPS) is 12.3. The van der Waals surface area contributed by atoms with Crippen LogP contribution in [0.2, 0.25) is 0 Å². The zero-order valence-electron chi connectivity index (χ0n) is 17.7. The number of nitrogens with zero attached hydrogens (tertiary/aromatic N) is 1. The van der Waals surface area contributed by atoms with Gasteiger partial charge in [0.2, 0.25) is 11.8 Å². The van der Waals surface area contributed by atoms with Gasteiger partial charge in [0.25, 0.3) is 0 Å². The van der Waals surface area contributed by atoms with Crippen LogP contribution in [0, 0.1) is 5.82 Å². The molecule has 0 bridgehead atoms. The van der Waals surface area contributed by atoms with E-state index in [0.29, 0.717) is 5.75 Å². The summed E-state index contributed by atoms with van der Waals surface area (Å²) in [6.07, 6.45) is 0. The number of carbonyl (C=O) groups is 2. The molecule has 1 atom stereocenters. The van der Waals surface area contributed by atoms with Crippen molar-refractivity contribution in [3.63, 3.8) is 0 Å². The van der Waals surface area contributed by atoms with Gasteiger partial charge in [0, 0.05) is 22.3 Å². The highest BCUT2D eigenvalue weighted by atomic mass is 79.9. The third-order valence-electron chi connectivity index (χ3n) is 4.34. The van der Waals surface area contributed by atoms with Crippen LogP contribution >= 0.6 is 27.7 Å². The molecule has 162 valence electrons. The summed E-state index contributed by atoms with van der Waals surface area (Å²) in [7, 11) is 0. The summed E-state index contributed by atoms with van der Waals surface area (Å²) in [5.41, 5.74) is 1.50. The Bertz CT molecular complexity index is 851. The number of amides is 2. The molecule has 0 heterocycles. The lowest BCUT2D eigenvalue weighted by Gasteiger charge is -2.31. The summed E-state index contributed by atoms with van der Waals surface area (Å²) >= 11 is 4.92. The summed E-state index contributed by atoms with van der Waals surface area (Å²) < 4.78 is 14.3.